The van der Waals surface area contributed by atoms with Crippen molar-refractivity contribution < 1.29 is 4.74 Å². The minimum absolute atomic E-state index is 0. The molecule has 0 aliphatic heterocycles. The monoisotopic (exact) mass is 414 g/mol. The van der Waals surface area contributed by atoms with E-state index in [9.17, 15) is 0 Å². The molecule has 0 fully saturated rings. The van der Waals surface area contributed by atoms with E-state index >= 15 is 0 Å². The predicted molar refractivity (Wildman–Crippen MR) is 122 cm³/mol. The van der Waals surface area contributed by atoms with Crippen molar-refractivity contribution in [2.24, 2.45) is 5.92 Å². The highest BCUT2D eigenvalue weighted by Gasteiger charge is 2.25. The number of fused-ring (bicyclic) bond motifs is 2. The molecule has 4 rings (SSSR count). The van der Waals surface area contributed by atoms with E-state index in [4.69, 9.17) is 14.8 Å². The van der Waals surface area contributed by atoms with Gasteiger partial charge in [0.15, 0.2) is 5.65 Å². The second-order valence-corrected chi connectivity index (χ2v) is 8.29. The van der Waals surface area contributed by atoms with Crippen LogP contribution in [-0.4, -0.2) is 27.7 Å². The summed E-state index contributed by atoms with van der Waals surface area (Å²) in [6.07, 6.45) is 3.28. The third-order valence-corrected chi connectivity index (χ3v) is 6.03. The van der Waals surface area contributed by atoms with Crippen molar-refractivity contribution in [1.82, 2.24) is 14.6 Å². The molecule has 0 radical (unpaired) electrons. The summed E-state index contributed by atoms with van der Waals surface area (Å²) < 4.78 is 7.42. The van der Waals surface area contributed by atoms with Gasteiger partial charge in [0.25, 0.3) is 0 Å². The molecule has 0 bridgehead atoms. The van der Waals surface area contributed by atoms with Crippen molar-refractivity contribution in [1.29, 1.82) is 0 Å². The van der Waals surface area contributed by atoms with Crippen LogP contribution in [0.4, 0.5) is 5.82 Å². The van der Waals surface area contributed by atoms with Crippen LogP contribution in [-0.2, 0) is 12.8 Å². The second-order valence-electron chi connectivity index (χ2n) is 8.29. The zero-order valence-corrected chi connectivity index (χ0v) is 19.0. The van der Waals surface area contributed by atoms with E-state index in [0.29, 0.717) is 12.0 Å². The first-order valence-electron chi connectivity index (χ1n) is 10.2. The van der Waals surface area contributed by atoms with E-state index in [1.807, 2.05) is 10.6 Å². The summed E-state index contributed by atoms with van der Waals surface area (Å²) in [6.45, 7) is 10.9. The Bertz CT molecular complexity index is 1040. The number of hydrogen-bond donors (Lipinski definition) is 1. The molecule has 2 aromatic heterocycles. The molecule has 1 aliphatic carbocycles. The smallest absolute Gasteiger partial charge is 0.165 e. The van der Waals surface area contributed by atoms with Crippen LogP contribution in [0.3, 0.4) is 0 Å². The summed E-state index contributed by atoms with van der Waals surface area (Å²) in [7, 11) is 1.70. The van der Waals surface area contributed by atoms with Gasteiger partial charge in [-0.15, -0.1) is 12.4 Å². The maximum atomic E-state index is 5.38. The van der Waals surface area contributed by atoms with E-state index in [0.717, 1.165) is 47.7 Å². The van der Waals surface area contributed by atoms with Gasteiger partial charge in [0.1, 0.15) is 11.6 Å². The molecular formula is C23H31ClN4O. The van der Waals surface area contributed by atoms with E-state index in [2.05, 4.69) is 52.1 Å². The van der Waals surface area contributed by atoms with Gasteiger partial charge in [0, 0.05) is 22.9 Å². The first-order valence-corrected chi connectivity index (χ1v) is 10.2. The molecular weight excluding hydrogens is 384 g/mol. The largest absolute Gasteiger partial charge is 0.497 e. The molecule has 1 aromatic carbocycles. The molecule has 5 nitrogen and oxygen atoms in total. The Labute approximate surface area is 179 Å². The molecule has 0 saturated heterocycles. The van der Waals surface area contributed by atoms with E-state index < -0.39 is 0 Å². The Morgan fingerprint density at radius 1 is 1.14 bits per heavy atom. The van der Waals surface area contributed by atoms with Crippen LogP contribution in [0.15, 0.2) is 18.2 Å². The molecule has 1 atom stereocenters. The highest BCUT2D eigenvalue weighted by atomic mass is 35.5. The predicted octanol–water partition coefficient (Wildman–Crippen LogP) is 5.39. The van der Waals surface area contributed by atoms with Gasteiger partial charge in [-0.1, -0.05) is 19.9 Å². The maximum Gasteiger partial charge on any atom is 0.165 e. The number of nitrogens with zero attached hydrogens (tertiary/aromatic N) is 3. The Kier molecular flexibility index (Phi) is 6.08. The van der Waals surface area contributed by atoms with Crippen molar-refractivity contribution >= 4 is 23.9 Å². The number of hydrogen-bond acceptors (Lipinski definition) is 4. The summed E-state index contributed by atoms with van der Waals surface area (Å²) in [4.78, 5) is 5.08. The summed E-state index contributed by atoms with van der Waals surface area (Å²) in [5, 5.41) is 8.67. The van der Waals surface area contributed by atoms with Crippen LogP contribution in [0.25, 0.3) is 16.8 Å². The first kappa shape index (κ1) is 21.4. The number of rotatable bonds is 5. The molecule has 6 heteroatoms. The lowest BCUT2D eigenvalue weighted by molar-refractivity contribution is 0.414. The molecule has 1 unspecified atom stereocenters. The summed E-state index contributed by atoms with van der Waals surface area (Å²) >= 11 is 0. The average molecular weight is 415 g/mol. The molecule has 1 aliphatic rings. The number of aryl methyl sites for hydroxylation is 3. The number of anilines is 1. The van der Waals surface area contributed by atoms with Crippen LogP contribution in [0, 0.1) is 19.8 Å². The molecule has 0 spiro atoms. The van der Waals surface area contributed by atoms with Gasteiger partial charge in [0.2, 0.25) is 0 Å². The molecule has 3 aromatic rings. The standard InChI is InChI=1S/C23H30N4O.ClH/c1-13(2)15(4)24-22-19-8-7-9-20(19)25-23-21(16(5)26-27(22)23)18-11-10-17(28-6)12-14(18)3;/h10-13,15,24H,7-9H2,1-6H3;1H. The van der Waals surface area contributed by atoms with Crippen LogP contribution < -0.4 is 10.1 Å². The molecule has 29 heavy (non-hydrogen) atoms. The van der Waals surface area contributed by atoms with Gasteiger partial charge in [0.05, 0.1) is 12.8 Å². The molecule has 156 valence electrons. The van der Waals surface area contributed by atoms with Gasteiger partial charge < -0.3 is 10.1 Å². The number of benzene rings is 1. The zero-order valence-electron chi connectivity index (χ0n) is 18.2. The molecule has 2 heterocycles. The third-order valence-electron chi connectivity index (χ3n) is 6.03. The van der Waals surface area contributed by atoms with Crippen LogP contribution >= 0.6 is 12.4 Å². The van der Waals surface area contributed by atoms with Gasteiger partial charge in [-0.05, 0) is 69.2 Å². The lowest BCUT2D eigenvalue weighted by Crippen LogP contribution is -2.24. The van der Waals surface area contributed by atoms with E-state index in [1.165, 1.54) is 22.4 Å². The summed E-state index contributed by atoms with van der Waals surface area (Å²) in [5.41, 5.74) is 7.97. The number of ether oxygens (including phenoxy) is 1. The Balaban J connectivity index is 0.00000240. The summed E-state index contributed by atoms with van der Waals surface area (Å²) in [6, 6.07) is 6.58. The fourth-order valence-corrected chi connectivity index (χ4v) is 4.03. The van der Waals surface area contributed by atoms with Crippen molar-refractivity contribution in [3.8, 4) is 16.9 Å². The molecule has 1 N–H and O–H groups in total. The fourth-order valence-electron chi connectivity index (χ4n) is 4.03. The SMILES string of the molecule is COc1ccc(-c2c(C)nn3c(NC(C)C(C)C)c4c(nc23)CCC4)c(C)c1.Cl. The number of methoxy groups -OCH3 is 1. The maximum absolute atomic E-state index is 5.38. The lowest BCUT2D eigenvalue weighted by atomic mass is 10.0. The Morgan fingerprint density at radius 2 is 1.90 bits per heavy atom. The second kappa shape index (κ2) is 8.23. The molecule has 0 saturated carbocycles. The first-order chi connectivity index (χ1) is 13.4. The van der Waals surface area contributed by atoms with E-state index in [-0.39, 0.29) is 12.4 Å². The van der Waals surface area contributed by atoms with Gasteiger partial charge in [-0.3, -0.25) is 0 Å². The normalized spacial score (nSPS) is 14.0. The van der Waals surface area contributed by atoms with Crippen molar-refractivity contribution in [3.63, 3.8) is 0 Å². The molecule has 0 amide bonds. The third kappa shape index (κ3) is 3.68. The van der Waals surface area contributed by atoms with Crippen LogP contribution in [0.5, 0.6) is 5.75 Å². The Morgan fingerprint density at radius 3 is 2.55 bits per heavy atom. The fraction of sp³-hybridized carbons (Fsp3) is 0.478. The topological polar surface area (TPSA) is 51.5 Å². The minimum Gasteiger partial charge on any atom is -0.497 e. The van der Waals surface area contributed by atoms with Crippen LogP contribution in [0.2, 0.25) is 0 Å². The van der Waals surface area contributed by atoms with E-state index in [1.54, 1.807) is 7.11 Å². The highest BCUT2D eigenvalue weighted by molar-refractivity contribution is 5.85. The minimum atomic E-state index is 0. The average Bonchev–Trinajstić information content (AvgIpc) is 3.25. The summed E-state index contributed by atoms with van der Waals surface area (Å²) in [5.74, 6) is 2.54. The number of aromatic nitrogens is 3. The van der Waals surface area contributed by atoms with Gasteiger partial charge >= 0.3 is 0 Å². The number of nitrogens with one attached hydrogen (secondary N) is 1. The van der Waals surface area contributed by atoms with Crippen molar-refractivity contribution in [2.75, 3.05) is 12.4 Å². The van der Waals surface area contributed by atoms with Gasteiger partial charge in [-0.25, -0.2) is 4.98 Å². The highest BCUT2D eigenvalue weighted by Crippen LogP contribution is 2.36. The van der Waals surface area contributed by atoms with Crippen molar-refractivity contribution in [3.05, 3.63) is 40.7 Å². The van der Waals surface area contributed by atoms with Gasteiger partial charge in [-0.2, -0.15) is 9.61 Å². The lowest BCUT2D eigenvalue weighted by Gasteiger charge is -2.21. The Hall–Kier alpha value is -2.27. The van der Waals surface area contributed by atoms with Crippen LogP contribution in [0.1, 0.15) is 49.7 Å². The number of halogens is 1. The van der Waals surface area contributed by atoms with Crippen molar-refractivity contribution in [2.45, 2.75) is 59.9 Å². The zero-order chi connectivity index (χ0) is 20.0. The quantitative estimate of drug-likeness (QED) is 0.608.